The quantitative estimate of drug-likeness (QED) is 0.776. The summed E-state index contributed by atoms with van der Waals surface area (Å²) in [6.07, 6.45) is 1.29. The Labute approximate surface area is 158 Å². The lowest BCUT2D eigenvalue weighted by atomic mass is 10.2. The first kappa shape index (κ1) is 19.5. The van der Waals surface area contributed by atoms with E-state index in [1.54, 1.807) is 17.2 Å². The van der Waals surface area contributed by atoms with Crippen LogP contribution in [0.4, 0.5) is 16.2 Å². The Morgan fingerprint density at radius 2 is 2.07 bits per heavy atom. The van der Waals surface area contributed by atoms with Crippen molar-refractivity contribution in [2.45, 2.75) is 17.0 Å². The highest BCUT2D eigenvalue weighted by Crippen LogP contribution is 2.23. The van der Waals surface area contributed by atoms with Crippen molar-refractivity contribution in [3.8, 4) is 0 Å². The number of rotatable bonds is 6. The molecule has 1 aliphatic heterocycles. The van der Waals surface area contributed by atoms with Gasteiger partial charge in [0.05, 0.1) is 17.0 Å². The summed E-state index contributed by atoms with van der Waals surface area (Å²) in [5.41, 5.74) is 0. The largest absolute Gasteiger partial charge is 0.378 e. The van der Waals surface area contributed by atoms with Crippen LogP contribution >= 0.6 is 0 Å². The Morgan fingerprint density at radius 3 is 2.74 bits per heavy atom. The lowest BCUT2D eigenvalue weighted by Gasteiger charge is -2.19. The summed E-state index contributed by atoms with van der Waals surface area (Å²) in [4.78, 5) is 12.3. The van der Waals surface area contributed by atoms with Gasteiger partial charge in [-0.3, -0.25) is 0 Å². The van der Waals surface area contributed by atoms with Crippen molar-refractivity contribution >= 4 is 21.8 Å². The van der Waals surface area contributed by atoms with Gasteiger partial charge in [-0.2, -0.15) is 4.98 Å². The molecule has 0 spiro atoms. The van der Waals surface area contributed by atoms with E-state index >= 15 is 0 Å². The predicted molar refractivity (Wildman–Crippen MR) is 99.9 cm³/mol. The molecule has 10 heteroatoms. The van der Waals surface area contributed by atoms with Crippen LogP contribution in [-0.2, 0) is 14.8 Å². The van der Waals surface area contributed by atoms with Gasteiger partial charge in [0, 0.05) is 40.5 Å². The maximum absolute atomic E-state index is 13.4. The molecule has 0 unspecified atom stereocenters. The van der Waals surface area contributed by atoms with E-state index in [1.807, 2.05) is 19.0 Å². The molecule has 0 radical (unpaired) electrons. The molecule has 0 saturated carbocycles. The number of nitrogens with zero attached hydrogens (tertiary/aromatic N) is 4. The number of nitrogens with one attached hydrogen (secondary N) is 1. The molecule has 0 amide bonds. The minimum absolute atomic E-state index is 0.118. The highest BCUT2D eigenvalue weighted by Gasteiger charge is 2.36. The van der Waals surface area contributed by atoms with E-state index in [0.29, 0.717) is 24.9 Å². The lowest BCUT2D eigenvalue weighted by Crippen LogP contribution is -2.43. The van der Waals surface area contributed by atoms with Gasteiger partial charge in [0.2, 0.25) is 16.0 Å². The predicted octanol–water partition coefficient (Wildman–Crippen LogP) is 0.864. The third-order valence-electron chi connectivity index (χ3n) is 4.33. The van der Waals surface area contributed by atoms with Gasteiger partial charge in [0.25, 0.3) is 0 Å². The number of anilines is 2. The van der Waals surface area contributed by atoms with Crippen molar-refractivity contribution in [2.24, 2.45) is 0 Å². The minimum Gasteiger partial charge on any atom is -0.378 e. The molecule has 1 saturated heterocycles. The van der Waals surface area contributed by atoms with Gasteiger partial charge in [0.1, 0.15) is 11.6 Å². The highest BCUT2D eigenvalue weighted by molar-refractivity contribution is 7.89. The number of halogens is 1. The minimum atomic E-state index is -3.87. The van der Waals surface area contributed by atoms with Crippen LogP contribution in [0, 0.1) is 5.82 Å². The number of benzene rings is 1. The van der Waals surface area contributed by atoms with Crippen LogP contribution in [-0.4, -0.2) is 64.8 Å². The van der Waals surface area contributed by atoms with E-state index in [2.05, 4.69) is 14.7 Å². The van der Waals surface area contributed by atoms with Crippen molar-refractivity contribution in [1.29, 1.82) is 0 Å². The van der Waals surface area contributed by atoms with Gasteiger partial charge < -0.3 is 14.5 Å². The summed E-state index contributed by atoms with van der Waals surface area (Å²) < 4.78 is 46.7. The van der Waals surface area contributed by atoms with Gasteiger partial charge in [0.15, 0.2) is 0 Å². The maximum atomic E-state index is 13.4. The Hall–Kier alpha value is -2.30. The third kappa shape index (κ3) is 4.34. The van der Waals surface area contributed by atoms with E-state index in [9.17, 15) is 12.8 Å². The Morgan fingerprint density at radius 1 is 1.30 bits per heavy atom. The molecular weight excluding hydrogens is 373 g/mol. The number of sulfonamides is 1. The maximum Gasteiger partial charge on any atom is 0.241 e. The number of hydrogen-bond acceptors (Lipinski definition) is 7. The fourth-order valence-corrected chi connectivity index (χ4v) is 4.23. The second-order valence-electron chi connectivity index (χ2n) is 6.47. The molecule has 1 aromatic carbocycles. The van der Waals surface area contributed by atoms with Crippen LogP contribution in [0.15, 0.2) is 41.4 Å². The van der Waals surface area contributed by atoms with Gasteiger partial charge >= 0.3 is 0 Å². The second kappa shape index (κ2) is 7.75. The molecule has 1 aromatic heterocycles. The molecule has 1 fully saturated rings. The van der Waals surface area contributed by atoms with Gasteiger partial charge in [-0.1, -0.05) is 6.07 Å². The van der Waals surface area contributed by atoms with Crippen molar-refractivity contribution in [3.63, 3.8) is 0 Å². The fraction of sp³-hybridized carbons (Fsp3) is 0.412. The standard InChI is InChI=1S/C17H22FN5O3S/c1-22(2)17-19-8-7-16(20-17)23-10-14(15(11-23)26-3)21-27(24,25)13-6-4-5-12(18)9-13/h4-9,14-15,21H,10-11H2,1-3H3/t14-,15+/m0/s1. The summed E-state index contributed by atoms with van der Waals surface area (Å²) in [6.45, 7) is 0.841. The van der Waals surface area contributed by atoms with Crippen LogP contribution in [0.2, 0.25) is 0 Å². The number of methoxy groups -OCH3 is 1. The van der Waals surface area contributed by atoms with Gasteiger partial charge in [-0.05, 0) is 24.3 Å². The first-order chi connectivity index (χ1) is 12.8. The Bertz CT molecular complexity index is 909. The third-order valence-corrected chi connectivity index (χ3v) is 5.82. The smallest absolute Gasteiger partial charge is 0.241 e. The molecular formula is C17H22FN5O3S. The molecule has 146 valence electrons. The number of ether oxygens (including phenoxy) is 1. The van der Waals surface area contributed by atoms with E-state index < -0.39 is 21.9 Å². The van der Waals surface area contributed by atoms with Crippen molar-refractivity contribution < 1.29 is 17.5 Å². The van der Waals surface area contributed by atoms with E-state index in [4.69, 9.17) is 4.74 Å². The van der Waals surface area contributed by atoms with Crippen molar-refractivity contribution in [1.82, 2.24) is 14.7 Å². The molecule has 3 rings (SSSR count). The average molecular weight is 395 g/mol. The molecule has 1 N–H and O–H groups in total. The van der Waals surface area contributed by atoms with Crippen LogP contribution in [0.5, 0.6) is 0 Å². The highest BCUT2D eigenvalue weighted by atomic mass is 32.2. The summed E-state index contributed by atoms with van der Waals surface area (Å²) in [6, 6.07) is 6.18. The zero-order valence-corrected chi connectivity index (χ0v) is 16.1. The first-order valence-corrected chi connectivity index (χ1v) is 9.84. The molecule has 0 bridgehead atoms. The summed E-state index contributed by atoms with van der Waals surface area (Å²) in [5.74, 6) is 0.639. The molecule has 8 nitrogen and oxygen atoms in total. The van der Waals surface area contributed by atoms with Crippen LogP contribution in [0.25, 0.3) is 0 Å². The van der Waals surface area contributed by atoms with E-state index in [0.717, 1.165) is 6.07 Å². The molecule has 0 aliphatic carbocycles. The Balaban J connectivity index is 1.79. The van der Waals surface area contributed by atoms with E-state index in [-0.39, 0.29) is 11.0 Å². The fourth-order valence-electron chi connectivity index (χ4n) is 2.95. The zero-order valence-electron chi connectivity index (χ0n) is 15.3. The lowest BCUT2D eigenvalue weighted by molar-refractivity contribution is 0.104. The first-order valence-electron chi connectivity index (χ1n) is 8.36. The summed E-state index contributed by atoms with van der Waals surface area (Å²) in [5, 5.41) is 0. The number of hydrogen-bond donors (Lipinski definition) is 1. The van der Waals surface area contributed by atoms with Gasteiger partial charge in [-0.15, -0.1) is 0 Å². The van der Waals surface area contributed by atoms with Crippen LogP contribution in [0.3, 0.4) is 0 Å². The molecule has 1 aliphatic rings. The normalized spacial score (nSPS) is 20.1. The van der Waals surface area contributed by atoms with Crippen molar-refractivity contribution in [2.75, 3.05) is 44.1 Å². The van der Waals surface area contributed by atoms with Crippen LogP contribution in [0.1, 0.15) is 0 Å². The van der Waals surface area contributed by atoms with Crippen molar-refractivity contribution in [3.05, 3.63) is 42.3 Å². The van der Waals surface area contributed by atoms with Gasteiger partial charge in [-0.25, -0.2) is 22.5 Å². The molecule has 27 heavy (non-hydrogen) atoms. The molecule has 2 heterocycles. The van der Waals surface area contributed by atoms with E-state index in [1.165, 1.54) is 25.3 Å². The second-order valence-corrected chi connectivity index (χ2v) is 8.19. The molecule has 2 aromatic rings. The summed E-state index contributed by atoms with van der Waals surface area (Å²) in [7, 11) is 1.35. The Kier molecular flexibility index (Phi) is 5.59. The number of aromatic nitrogens is 2. The monoisotopic (exact) mass is 395 g/mol. The topological polar surface area (TPSA) is 87.7 Å². The zero-order chi connectivity index (χ0) is 19.6. The SMILES string of the molecule is CO[C@@H]1CN(c2ccnc(N(C)C)n2)C[C@@H]1NS(=O)(=O)c1cccc(F)c1. The summed E-state index contributed by atoms with van der Waals surface area (Å²) >= 11 is 0. The molecule has 2 atom stereocenters. The average Bonchev–Trinajstić information content (AvgIpc) is 3.04. The van der Waals surface area contributed by atoms with Crippen LogP contribution < -0.4 is 14.5 Å².